The van der Waals surface area contributed by atoms with Crippen molar-refractivity contribution in [2.24, 2.45) is 0 Å². The van der Waals surface area contributed by atoms with Crippen molar-refractivity contribution in [3.05, 3.63) is 53.6 Å². The number of nitrogens with zero attached hydrogens (tertiary/aromatic N) is 2. The summed E-state index contributed by atoms with van der Waals surface area (Å²) in [5.41, 5.74) is 1.53. The highest BCUT2D eigenvalue weighted by molar-refractivity contribution is 5.73. The molecule has 1 aromatic carbocycles. The number of carbonyl (C=O) groups excluding carboxylic acids is 1. The number of ether oxygens (including phenoxy) is 1. The van der Waals surface area contributed by atoms with E-state index in [1.165, 1.54) is 12.4 Å². The third-order valence-electron chi connectivity index (χ3n) is 2.31. The van der Waals surface area contributed by atoms with Gasteiger partial charge in [-0.25, -0.2) is 9.97 Å². The second kappa shape index (κ2) is 5.21. The molecule has 0 N–H and O–H groups in total. The maximum atomic E-state index is 10.4. The predicted octanol–water partition coefficient (Wildman–Crippen LogP) is 2.18. The lowest BCUT2D eigenvalue weighted by molar-refractivity contribution is 0.112. The van der Waals surface area contributed by atoms with Gasteiger partial charge in [0.1, 0.15) is 12.4 Å². The summed E-state index contributed by atoms with van der Waals surface area (Å²) in [4.78, 5) is 18.5. The summed E-state index contributed by atoms with van der Waals surface area (Å²) in [6, 6.07) is 7.75. The third-order valence-corrected chi connectivity index (χ3v) is 2.31. The first kappa shape index (κ1) is 11.3. The van der Waals surface area contributed by atoms with Gasteiger partial charge < -0.3 is 4.74 Å². The van der Waals surface area contributed by atoms with E-state index in [4.69, 9.17) is 4.74 Å². The first-order valence-corrected chi connectivity index (χ1v) is 5.24. The van der Waals surface area contributed by atoms with E-state index in [1.54, 1.807) is 0 Å². The Hall–Kier alpha value is -2.23. The summed E-state index contributed by atoms with van der Waals surface area (Å²) in [5, 5.41) is 0. The molecule has 1 heterocycles. The number of aryl methyl sites for hydroxylation is 1. The van der Waals surface area contributed by atoms with E-state index >= 15 is 0 Å². The average Bonchev–Trinajstić information content (AvgIpc) is 2.38. The standard InChI is InChI=1S/C13H12N2O2/c1-10-4-2-3-5-12(10)17-9-13-14-6-11(8-16)7-15-13/h2-8H,9H2,1H3. The Bertz CT molecular complexity index is 509. The van der Waals surface area contributed by atoms with E-state index in [1.807, 2.05) is 31.2 Å². The maximum Gasteiger partial charge on any atom is 0.166 e. The number of aldehydes is 1. The summed E-state index contributed by atoms with van der Waals surface area (Å²) in [6.45, 7) is 2.27. The van der Waals surface area contributed by atoms with Crippen LogP contribution in [0.2, 0.25) is 0 Å². The van der Waals surface area contributed by atoms with Crippen molar-refractivity contribution in [2.45, 2.75) is 13.5 Å². The number of aromatic nitrogens is 2. The maximum absolute atomic E-state index is 10.4. The van der Waals surface area contributed by atoms with Crippen molar-refractivity contribution in [3.8, 4) is 5.75 Å². The molecule has 0 saturated heterocycles. The predicted molar refractivity (Wildman–Crippen MR) is 62.9 cm³/mol. The first-order chi connectivity index (χ1) is 8.29. The van der Waals surface area contributed by atoms with Crippen molar-refractivity contribution < 1.29 is 9.53 Å². The lowest BCUT2D eigenvalue weighted by Gasteiger charge is -2.07. The van der Waals surface area contributed by atoms with Crippen LogP contribution in [0.15, 0.2) is 36.7 Å². The number of benzene rings is 1. The largest absolute Gasteiger partial charge is 0.485 e. The number of rotatable bonds is 4. The molecule has 0 aliphatic rings. The smallest absolute Gasteiger partial charge is 0.166 e. The zero-order valence-corrected chi connectivity index (χ0v) is 9.46. The van der Waals surface area contributed by atoms with Gasteiger partial charge in [0, 0.05) is 12.4 Å². The molecule has 2 aromatic rings. The van der Waals surface area contributed by atoms with Crippen molar-refractivity contribution >= 4 is 6.29 Å². The normalized spacial score (nSPS) is 9.94. The van der Waals surface area contributed by atoms with E-state index in [-0.39, 0.29) is 0 Å². The summed E-state index contributed by atoms with van der Waals surface area (Å²) in [5.74, 6) is 1.37. The zero-order chi connectivity index (χ0) is 12.1. The lowest BCUT2D eigenvalue weighted by atomic mass is 10.2. The van der Waals surface area contributed by atoms with Crippen LogP contribution in [0.25, 0.3) is 0 Å². The van der Waals surface area contributed by atoms with E-state index in [0.29, 0.717) is 24.3 Å². The van der Waals surface area contributed by atoms with Gasteiger partial charge >= 0.3 is 0 Å². The second-order valence-electron chi connectivity index (χ2n) is 3.60. The SMILES string of the molecule is Cc1ccccc1OCc1ncc(C=O)cn1. The minimum Gasteiger partial charge on any atom is -0.485 e. The van der Waals surface area contributed by atoms with Gasteiger partial charge in [-0.2, -0.15) is 0 Å². The molecule has 0 fully saturated rings. The van der Waals surface area contributed by atoms with Gasteiger partial charge in [-0.3, -0.25) is 4.79 Å². The van der Waals surface area contributed by atoms with Gasteiger partial charge in [0.25, 0.3) is 0 Å². The van der Waals surface area contributed by atoms with Crippen LogP contribution in [0.3, 0.4) is 0 Å². The van der Waals surface area contributed by atoms with Crippen molar-refractivity contribution in [1.29, 1.82) is 0 Å². The molecule has 0 atom stereocenters. The molecule has 0 aliphatic heterocycles. The highest BCUT2D eigenvalue weighted by Gasteiger charge is 2.01. The number of hydrogen-bond acceptors (Lipinski definition) is 4. The minimum absolute atomic E-state index is 0.296. The molecule has 2 rings (SSSR count). The third kappa shape index (κ3) is 2.87. The molecule has 4 heteroatoms. The van der Waals surface area contributed by atoms with Crippen LogP contribution < -0.4 is 4.74 Å². The van der Waals surface area contributed by atoms with Gasteiger partial charge in [0.2, 0.25) is 0 Å². The van der Waals surface area contributed by atoms with Crippen LogP contribution in [0.5, 0.6) is 5.75 Å². The van der Waals surface area contributed by atoms with Gasteiger partial charge in [0.05, 0.1) is 5.56 Å². The molecule has 0 aliphatic carbocycles. The van der Waals surface area contributed by atoms with Crippen LogP contribution in [0, 0.1) is 6.92 Å². The number of carbonyl (C=O) groups is 1. The highest BCUT2D eigenvalue weighted by atomic mass is 16.5. The summed E-state index contributed by atoms with van der Waals surface area (Å²) in [7, 11) is 0. The molecule has 0 bridgehead atoms. The van der Waals surface area contributed by atoms with Gasteiger partial charge in [0.15, 0.2) is 12.1 Å². The molecule has 0 amide bonds. The van der Waals surface area contributed by atoms with Crippen LogP contribution in [-0.2, 0) is 6.61 Å². The summed E-state index contributed by atoms with van der Waals surface area (Å²) < 4.78 is 5.58. The summed E-state index contributed by atoms with van der Waals surface area (Å²) in [6.07, 6.45) is 3.68. The van der Waals surface area contributed by atoms with E-state index in [2.05, 4.69) is 9.97 Å². The fourth-order valence-corrected chi connectivity index (χ4v) is 1.36. The van der Waals surface area contributed by atoms with E-state index in [0.717, 1.165) is 11.3 Å². The zero-order valence-electron chi connectivity index (χ0n) is 9.46. The topological polar surface area (TPSA) is 52.1 Å². The second-order valence-corrected chi connectivity index (χ2v) is 3.60. The fraction of sp³-hybridized carbons (Fsp3) is 0.154. The Kier molecular flexibility index (Phi) is 3.45. The van der Waals surface area contributed by atoms with Crippen LogP contribution >= 0.6 is 0 Å². The van der Waals surface area contributed by atoms with Crippen molar-refractivity contribution in [1.82, 2.24) is 9.97 Å². The Morgan fingerprint density at radius 2 is 1.94 bits per heavy atom. The van der Waals surface area contributed by atoms with Gasteiger partial charge in [-0.15, -0.1) is 0 Å². The van der Waals surface area contributed by atoms with E-state index < -0.39 is 0 Å². The molecule has 1 aromatic heterocycles. The minimum atomic E-state index is 0.296. The molecular formula is C13H12N2O2. The Morgan fingerprint density at radius 3 is 2.59 bits per heavy atom. The van der Waals surface area contributed by atoms with Gasteiger partial charge in [-0.1, -0.05) is 18.2 Å². The molecule has 0 unspecified atom stereocenters. The molecular weight excluding hydrogens is 216 g/mol. The quantitative estimate of drug-likeness (QED) is 0.752. The molecule has 17 heavy (non-hydrogen) atoms. The molecule has 4 nitrogen and oxygen atoms in total. The van der Waals surface area contributed by atoms with Crippen LogP contribution in [-0.4, -0.2) is 16.3 Å². The summed E-state index contributed by atoms with van der Waals surface area (Å²) >= 11 is 0. The van der Waals surface area contributed by atoms with Crippen molar-refractivity contribution in [3.63, 3.8) is 0 Å². The first-order valence-electron chi connectivity index (χ1n) is 5.24. The average molecular weight is 228 g/mol. The van der Waals surface area contributed by atoms with Crippen LogP contribution in [0.4, 0.5) is 0 Å². The van der Waals surface area contributed by atoms with Crippen LogP contribution in [0.1, 0.15) is 21.7 Å². The lowest BCUT2D eigenvalue weighted by Crippen LogP contribution is -2.02. The van der Waals surface area contributed by atoms with E-state index in [9.17, 15) is 4.79 Å². The Morgan fingerprint density at radius 1 is 1.24 bits per heavy atom. The number of para-hydroxylation sites is 1. The molecule has 0 radical (unpaired) electrons. The monoisotopic (exact) mass is 228 g/mol. The number of hydrogen-bond donors (Lipinski definition) is 0. The molecule has 0 saturated carbocycles. The Balaban J connectivity index is 2.02. The molecule has 0 spiro atoms. The van der Waals surface area contributed by atoms with Gasteiger partial charge in [-0.05, 0) is 18.6 Å². The van der Waals surface area contributed by atoms with Crippen molar-refractivity contribution in [2.75, 3.05) is 0 Å². The highest BCUT2D eigenvalue weighted by Crippen LogP contribution is 2.16. The Labute approximate surface area is 99.3 Å². The fourth-order valence-electron chi connectivity index (χ4n) is 1.36. The molecule has 86 valence electrons.